The number of benzene rings is 2. The Morgan fingerprint density at radius 1 is 1.19 bits per heavy atom. The Morgan fingerprint density at radius 2 is 1.96 bits per heavy atom. The molecule has 7 heteroatoms. The van der Waals surface area contributed by atoms with Gasteiger partial charge in [0, 0.05) is 24.7 Å². The van der Waals surface area contributed by atoms with Gasteiger partial charge < -0.3 is 15.4 Å². The van der Waals surface area contributed by atoms with Crippen molar-refractivity contribution >= 4 is 23.0 Å². The van der Waals surface area contributed by atoms with E-state index in [2.05, 4.69) is 17.6 Å². The molecule has 0 aromatic heterocycles. The number of unbranched alkanes of at least 4 members (excludes halogenated alkanes) is 1. The van der Waals surface area contributed by atoms with Crippen LogP contribution < -0.4 is 15.4 Å². The highest BCUT2D eigenvalue weighted by atomic mass is 16.6. The van der Waals surface area contributed by atoms with Crippen molar-refractivity contribution in [2.75, 3.05) is 23.8 Å². The number of nitro groups is 1. The molecule has 27 heavy (non-hydrogen) atoms. The van der Waals surface area contributed by atoms with Crippen molar-refractivity contribution in [3.05, 3.63) is 58.1 Å². The molecule has 0 aliphatic heterocycles. The molecule has 0 aliphatic rings. The largest absolute Gasteiger partial charge is 0.494 e. The Hall–Kier alpha value is -3.09. The molecule has 2 N–H and O–H groups in total. The molecule has 0 unspecified atom stereocenters. The summed E-state index contributed by atoms with van der Waals surface area (Å²) in [7, 11) is 0. The predicted molar refractivity (Wildman–Crippen MR) is 106 cm³/mol. The zero-order chi connectivity index (χ0) is 19.6. The zero-order valence-electron chi connectivity index (χ0n) is 15.7. The van der Waals surface area contributed by atoms with Crippen molar-refractivity contribution in [3.8, 4) is 5.75 Å². The van der Waals surface area contributed by atoms with Crippen LogP contribution in [0, 0.1) is 17.0 Å². The molecule has 0 saturated carbocycles. The fourth-order valence-electron chi connectivity index (χ4n) is 2.51. The maximum atomic E-state index is 12.2. The molecule has 144 valence electrons. The summed E-state index contributed by atoms with van der Waals surface area (Å²) in [5, 5.41) is 16.8. The first-order valence-corrected chi connectivity index (χ1v) is 9.02. The lowest BCUT2D eigenvalue weighted by molar-refractivity contribution is -0.384. The highest BCUT2D eigenvalue weighted by molar-refractivity contribution is 5.91. The summed E-state index contributed by atoms with van der Waals surface area (Å²) in [5.74, 6) is 0.626. The van der Waals surface area contributed by atoms with E-state index in [1.54, 1.807) is 18.2 Å². The van der Waals surface area contributed by atoms with Crippen molar-refractivity contribution in [1.82, 2.24) is 0 Å². The highest BCUT2D eigenvalue weighted by Crippen LogP contribution is 2.24. The number of amides is 1. The van der Waals surface area contributed by atoms with Crippen LogP contribution in [0.15, 0.2) is 42.5 Å². The molecule has 0 spiro atoms. The Bertz CT molecular complexity index is 793. The average Bonchev–Trinajstić information content (AvgIpc) is 2.64. The molecular formula is C20H25N3O4. The number of ether oxygens (including phenoxy) is 1. The first-order chi connectivity index (χ1) is 13.0. The van der Waals surface area contributed by atoms with Crippen LogP contribution in [-0.4, -0.2) is 24.0 Å². The first-order valence-electron chi connectivity index (χ1n) is 9.02. The van der Waals surface area contributed by atoms with Crippen LogP contribution in [0.2, 0.25) is 0 Å². The number of aryl methyl sites for hydroxylation is 1. The molecule has 0 saturated heterocycles. The number of para-hydroxylation sites is 2. The Balaban J connectivity index is 1.85. The van der Waals surface area contributed by atoms with E-state index in [-0.39, 0.29) is 18.0 Å². The number of nitro benzene ring substituents is 1. The number of carbonyl (C=O) groups is 1. The van der Waals surface area contributed by atoms with Crippen LogP contribution in [-0.2, 0) is 4.79 Å². The molecule has 0 heterocycles. The SMILES string of the molecule is CCCCOc1ccc(NC(=O)CCNc2ccccc2[N+](=O)[O-])c(C)c1. The number of nitrogens with one attached hydrogen (secondary N) is 2. The molecule has 0 aliphatic carbocycles. The van der Waals surface area contributed by atoms with Crippen LogP contribution >= 0.6 is 0 Å². The lowest BCUT2D eigenvalue weighted by Crippen LogP contribution is -2.17. The molecule has 7 nitrogen and oxygen atoms in total. The minimum absolute atomic E-state index is 0.00702. The third-order valence-electron chi connectivity index (χ3n) is 4.01. The second kappa shape index (κ2) is 10.2. The molecule has 2 aromatic carbocycles. The van der Waals surface area contributed by atoms with Gasteiger partial charge in [0.05, 0.1) is 11.5 Å². The van der Waals surface area contributed by atoms with Crippen LogP contribution in [0.25, 0.3) is 0 Å². The standard InChI is InChI=1S/C20H25N3O4/c1-3-4-13-27-16-9-10-17(15(2)14-16)22-20(24)11-12-21-18-7-5-6-8-19(18)23(25)26/h5-10,14,21H,3-4,11-13H2,1-2H3,(H,22,24). The van der Waals surface area contributed by atoms with E-state index in [1.165, 1.54) is 6.07 Å². The summed E-state index contributed by atoms with van der Waals surface area (Å²) in [6.45, 7) is 5.00. The van der Waals surface area contributed by atoms with Crippen molar-refractivity contribution in [2.45, 2.75) is 33.1 Å². The van der Waals surface area contributed by atoms with Gasteiger partial charge in [-0.1, -0.05) is 25.5 Å². The van der Waals surface area contributed by atoms with Gasteiger partial charge in [-0.25, -0.2) is 0 Å². The Kier molecular flexibility index (Phi) is 7.61. The second-order valence-corrected chi connectivity index (χ2v) is 6.18. The Morgan fingerprint density at radius 3 is 2.67 bits per heavy atom. The quantitative estimate of drug-likeness (QED) is 0.364. The van der Waals surface area contributed by atoms with E-state index in [0.717, 1.165) is 29.8 Å². The van der Waals surface area contributed by atoms with E-state index in [1.807, 2.05) is 25.1 Å². The van der Waals surface area contributed by atoms with Gasteiger partial charge in [0.15, 0.2) is 0 Å². The smallest absolute Gasteiger partial charge is 0.292 e. The summed E-state index contributed by atoms with van der Waals surface area (Å²) in [6.07, 6.45) is 2.28. The number of rotatable bonds is 10. The van der Waals surface area contributed by atoms with Gasteiger partial charge in [-0.05, 0) is 43.2 Å². The Labute approximate surface area is 158 Å². The minimum atomic E-state index is -0.449. The van der Waals surface area contributed by atoms with Gasteiger partial charge in [-0.15, -0.1) is 0 Å². The monoisotopic (exact) mass is 371 g/mol. The third kappa shape index (κ3) is 6.29. The lowest BCUT2D eigenvalue weighted by Gasteiger charge is -2.12. The fraction of sp³-hybridized carbons (Fsp3) is 0.350. The van der Waals surface area contributed by atoms with Crippen molar-refractivity contribution in [3.63, 3.8) is 0 Å². The lowest BCUT2D eigenvalue weighted by atomic mass is 10.2. The number of hydrogen-bond donors (Lipinski definition) is 2. The summed E-state index contributed by atoms with van der Waals surface area (Å²) >= 11 is 0. The van der Waals surface area contributed by atoms with E-state index < -0.39 is 4.92 Å². The van der Waals surface area contributed by atoms with Gasteiger partial charge >= 0.3 is 0 Å². The number of hydrogen-bond acceptors (Lipinski definition) is 5. The maximum Gasteiger partial charge on any atom is 0.292 e. The number of anilines is 2. The zero-order valence-corrected chi connectivity index (χ0v) is 15.7. The predicted octanol–water partition coefficient (Wildman–Crippen LogP) is 4.52. The molecule has 1 amide bonds. The maximum absolute atomic E-state index is 12.2. The van der Waals surface area contributed by atoms with Crippen LogP contribution in [0.4, 0.5) is 17.1 Å². The molecule has 2 rings (SSSR count). The van der Waals surface area contributed by atoms with Gasteiger partial charge in [0.2, 0.25) is 5.91 Å². The van der Waals surface area contributed by atoms with Crippen LogP contribution in [0.5, 0.6) is 5.75 Å². The molecular weight excluding hydrogens is 346 g/mol. The van der Waals surface area contributed by atoms with Crippen molar-refractivity contribution < 1.29 is 14.5 Å². The van der Waals surface area contributed by atoms with Gasteiger partial charge in [-0.2, -0.15) is 0 Å². The minimum Gasteiger partial charge on any atom is -0.494 e. The molecule has 0 bridgehead atoms. The van der Waals surface area contributed by atoms with E-state index in [0.29, 0.717) is 18.8 Å². The highest BCUT2D eigenvalue weighted by Gasteiger charge is 2.12. The van der Waals surface area contributed by atoms with E-state index in [9.17, 15) is 14.9 Å². The normalized spacial score (nSPS) is 10.3. The molecule has 0 atom stereocenters. The van der Waals surface area contributed by atoms with Crippen molar-refractivity contribution in [2.24, 2.45) is 0 Å². The number of carbonyl (C=O) groups excluding carboxylic acids is 1. The summed E-state index contributed by atoms with van der Waals surface area (Å²) in [4.78, 5) is 22.7. The molecule has 0 radical (unpaired) electrons. The van der Waals surface area contributed by atoms with Gasteiger partial charge in [0.1, 0.15) is 11.4 Å². The molecule has 2 aromatic rings. The number of nitrogens with zero attached hydrogens (tertiary/aromatic N) is 1. The average molecular weight is 371 g/mol. The van der Waals surface area contributed by atoms with E-state index in [4.69, 9.17) is 4.74 Å². The summed E-state index contributed by atoms with van der Waals surface area (Å²) < 4.78 is 5.65. The third-order valence-corrected chi connectivity index (χ3v) is 4.01. The topological polar surface area (TPSA) is 93.5 Å². The summed E-state index contributed by atoms with van der Waals surface area (Å²) in [6, 6.07) is 11.9. The van der Waals surface area contributed by atoms with E-state index >= 15 is 0 Å². The first kappa shape index (κ1) is 20.2. The second-order valence-electron chi connectivity index (χ2n) is 6.18. The fourth-order valence-corrected chi connectivity index (χ4v) is 2.51. The van der Waals surface area contributed by atoms with Gasteiger partial charge in [-0.3, -0.25) is 14.9 Å². The molecule has 0 fully saturated rings. The van der Waals surface area contributed by atoms with Crippen molar-refractivity contribution in [1.29, 1.82) is 0 Å². The summed E-state index contributed by atoms with van der Waals surface area (Å²) in [5.41, 5.74) is 2.05. The van der Waals surface area contributed by atoms with Gasteiger partial charge in [0.25, 0.3) is 5.69 Å². The van der Waals surface area contributed by atoms with Crippen LogP contribution in [0.1, 0.15) is 31.7 Å². The van der Waals surface area contributed by atoms with Crippen LogP contribution in [0.3, 0.4) is 0 Å².